The lowest BCUT2D eigenvalue weighted by atomic mass is 9.93. The van der Waals surface area contributed by atoms with E-state index in [-0.39, 0.29) is 6.42 Å². The number of nitrogens with two attached hydrogens (primary N) is 1. The Labute approximate surface area is 142 Å². The standard InChI is InChI=1S/C14H19N3O8/c1-6(15)13(24)16-8(2-3-10(19)20)12(23)7-4-9(18)17(14(7)25)5-11(21)22/h6-8H,2-5,15H2,1H3,(H,16,24)(H,19,20)(H,21,22)/t6-,7+,8-/m0/s1. The van der Waals surface area contributed by atoms with Gasteiger partial charge >= 0.3 is 11.9 Å². The minimum Gasteiger partial charge on any atom is -0.481 e. The third-order valence-corrected chi connectivity index (χ3v) is 3.60. The Hall–Kier alpha value is -2.82. The number of amides is 3. The van der Waals surface area contributed by atoms with Crippen LogP contribution in [-0.4, -0.2) is 69.2 Å². The average molecular weight is 357 g/mol. The number of carbonyl (C=O) groups excluding carboxylic acids is 4. The fourth-order valence-electron chi connectivity index (χ4n) is 2.31. The number of hydrogen-bond acceptors (Lipinski definition) is 7. The number of likely N-dealkylation sites (tertiary alicyclic amines) is 1. The van der Waals surface area contributed by atoms with E-state index in [0.717, 1.165) is 0 Å². The zero-order chi connectivity index (χ0) is 19.3. The first-order chi connectivity index (χ1) is 11.5. The predicted molar refractivity (Wildman–Crippen MR) is 79.9 cm³/mol. The van der Waals surface area contributed by atoms with Crippen molar-refractivity contribution in [2.24, 2.45) is 11.7 Å². The first kappa shape index (κ1) is 20.2. The van der Waals surface area contributed by atoms with E-state index in [1.165, 1.54) is 6.92 Å². The maximum Gasteiger partial charge on any atom is 0.323 e. The van der Waals surface area contributed by atoms with Crippen LogP contribution in [0.4, 0.5) is 0 Å². The number of rotatable bonds is 9. The van der Waals surface area contributed by atoms with E-state index in [9.17, 15) is 28.8 Å². The molecule has 5 N–H and O–H groups in total. The molecule has 0 unspecified atom stereocenters. The minimum absolute atomic E-state index is 0.288. The van der Waals surface area contributed by atoms with E-state index >= 15 is 0 Å². The van der Waals surface area contributed by atoms with Gasteiger partial charge in [0.2, 0.25) is 17.7 Å². The van der Waals surface area contributed by atoms with Gasteiger partial charge in [-0.25, -0.2) is 0 Å². The molecule has 3 atom stereocenters. The second-order valence-corrected chi connectivity index (χ2v) is 5.65. The number of nitrogens with zero attached hydrogens (tertiary/aromatic N) is 1. The third-order valence-electron chi connectivity index (χ3n) is 3.60. The molecule has 1 rings (SSSR count). The minimum atomic E-state index is -1.46. The molecule has 11 nitrogen and oxygen atoms in total. The molecule has 1 heterocycles. The molecule has 0 aromatic carbocycles. The molecule has 0 bridgehead atoms. The van der Waals surface area contributed by atoms with Crippen LogP contribution in [0.15, 0.2) is 0 Å². The van der Waals surface area contributed by atoms with Crippen molar-refractivity contribution in [2.75, 3.05) is 6.54 Å². The van der Waals surface area contributed by atoms with Crippen molar-refractivity contribution in [3.8, 4) is 0 Å². The number of Topliss-reactive ketones (excluding diaryl/α,β-unsaturated/α-hetero) is 1. The molecule has 1 fully saturated rings. The number of hydrogen-bond donors (Lipinski definition) is 4. The van der Waals surface area contributed by atoms with Gasteiger partial charge in [0, 0.05) is 12.8 Å². The molecule has 3 amide bonds. The molecule has 1 aliphatic heterocycles. The molecule has 11 heteroatoms. The second kappa shape index (κ2) is 8.33. The van der Waals surface area contributed by atoms with Crippen molar-refractivity contribution < 1.29 is 39.0 Å². The van der Waals surface area contributed by atoms with Crippen molar-refractivity contribution in [1.29, 1.82) is 0 Å². The van der Waals surface area contributed by atoms with Gasteiger partial charge in [-0.15, -0.1) is 0 Å². The van der Waals surface area contributed by atoms with Crippen molar-refractivity contribution >= 4 is 35.4 Å². The summed E-state index contributed by atoms with van der Waals surface area (Å²) in [5, 5.41) is 19.7. The highest BCUT2D eigenvalue weighted by Gasteiger charge is 2.45. The largest absolute Gasteiger partial charge is 0.481 e. The van der Waals surface area contributed by atoms with E-state index in [2.05, 4.69) is 5.32 Å². The zero-order valence-corrected chi connectivity index (χ0v) is 13.4. The Kier molecular flexibility index (Phi) is 6.74. The zero-order valence-electron chi connectivity index (χ0n) is 13.4. The normalized spacial score (nSPS) is 19.4. The summed E-state index contributed by atoms with van der Waals surface area (Å²) in [6.07, 6.45) is -1.27. The van der Waals surface area contributed by atoms with Crippen LogP contribution >= 0.6 is 0 Å². The number of carbonyl (C=O) groups is 6. The molecule has 0 radical (unpaired) electrons. The van der Waals surface area contributed by atoms with Crippen LogP contribution in [-0.2, 0) is 28.8 Å². The van der Waals surface area contributed by atoms with Crippen molar-refractivity contribution in [3.63, 3.8) is 0 Å². The highest BCUT2D eigenvalue weighted by atomic mass is 16.4. The van der Waals surface area contributed by atoms with E-state index in [0.29, 0.717) is 4.90 Å². The van der Waals surface area contributed by atoms with Gasteiger partial charge in [0.25, 0.3) is 0 Å². The first-order valence-electron chi connectivity index (χ1n) is 7.42. The first-order valence-corrected chi connectivity index (χ1v) is 7.42. The molecule has 25 heavy (non-hydrogen) atoms. The summed E-state index contributed by atoms with van der Waals surface area (Å²) in [5.74, 6) is -7.45. The lowest BCUT2D eigenvalue weighted by molar-refractivity contribution is -0.149. The maximum atomic E-state index is 12.5. The van der Waals surface area contributed by atoms with Crippen LogP contribution in [0.3, 0.4) is 0 Å². The van der Waals surface area contributed by atoms with Gasteiger partial charge in [-0.2, -0.15) is 0 Å². The molecule has 0 spiro atoms. The Morgan fingerprint density at radius 3 is 2.32 bits per heavy atom. The fourth-order valence-corrected chi connectivity index (χ4v) is 2.31. The van der Waals surface area contributed by atoms with Crippen LogP contribution in [0.1, 0.15) is 26.2 Å². The lowest BCUT2D eigenvalue weighted by Crippen LogP contribution is -2.50. The second-order valence-electron chi connectivity index (χ2n) is 5.65. The van der Waals surface area contributed by atoms with Crippen LogP contribution in [0, 0.1) is 5.92 Å². The fraction of sp³-hybridized carbons (Fsp3) is 0.571. The summed E-state index contributed by atoms with van der Waals surface area (Å²) >= 11 is 0. The summed E-state index contributed by atoms with van der Waals surface area (Å²) in [4.78, 5) is 69.9. The van der Waals surface area contributed by atoms with Gasteiger partial charge in [-0.3, -0.25) is 33.7 Å². The molecule has 1 saturated heterocycles. The van der Waals surface area contributed by atoms with E-state index in [1.54, 1.807) is 0 Å². The van der Waals surface area contributed by atoms with Crippen molar-refractivity contribution in [3.05, 3.63) is 0 Å². The highest BCUT2D eigenvalue weighted by molar-refractivity contribution is 6.16. The Morgan fingerprint density at radius 2 is 1.84 bits per heavy atom. The van der Waals surface area contributed by atoms with Gasteiger partial charge in [-0.05, 0) is 13.3 Å². The summed E-state index contributed by atoms with van der Waals surface area (Å²) < 4.78 is 0. The van der Waals surface area contributed by atoms with Gasteiger partial charge in [0.1, 0.15) is 12.5 Å². The van der Waals surface area contributed by atoms with E-state index in [1.807, 2.05) is 0 Å². The molecule has 0 saturated carbocycles. The molecule has 1 aliphatic rings. The number of imide groups is 1. The topological polar surface area (TPSA) is 184 Å². The van der Waals surface area contributed by atoms with Crippen molar-refractivity contribution in [2.45, 2.75) is 38.3 Å². The monoisotopic (exact) mass is 357 g/mol. The molecular weight excluding hydrogens is 338 g/mol. The molecule has 0 aromatic heterocycles. The number of ketones is 1. The summed E-state index contributed by atoms with van der Waals surface area (Å²) in [5.41, 5.74) is 5.39. The Balaban J connectivity index is 2.94. The van der Waals surface area contributed by atoms with Gasteiger partial charge < -0.3 is 21.3 Å². The van der Waals surface area contributed by atoms with E-state index in [4.69, 9.17) is 15.9 Å². The third kappa shape index (κ3) is 5.35. The number of carboxylic acid groups (broad SMARTS) is 2. The molecule has 138 valence electrons. The number of carboxylic acids is 2. The van der Waals surface area contributed by atoms with Crippen LogP contribution in [0.2, 0.25) is 0 Å². The van der Waals surface area contributed by atoms with Gasteiger partial charge in [0.05, 0.1) is 12.1 Å². The highest BCUT2D eigenvalue weighted by Crippen LogP contribution is 2.22. The summed E-state index contributed by atoms with van der Waals surface area (Å²) in [7, 11) is 0. The van der Waals surface area contributed by atoms with Crippen molar-refractivity contribution in [1.82, 2.24) is 10.2 Å². The molecule has 0 aliphatic carbocycles. The summed E-state index contributed by atoms with van der Waals surface area (Å²) in [6.45, 7) is 0.486. The quantitative estimate of drug-likeness (QED) is 0.260. The van der Waals surface area contributed by atoms with Crippen LogP contribution in [0.5, 0.6) is 0 Å². The Bertz CT molecular complexity index is 615. The molecular formula is C14H19N3O8. The van der Waals surface area contributed by atoms with Gasteiger partial charge in [-0.1, -0.05) is 0 Å². The average Bonchev–Trinajstić information content (AvgIpc) is 2.77. The number of aliphatic carboxylic acids is 2. The van der Waals surface area contributed by atoms with Gasteiger partial charge in [0.15, 0.2) is 5.78 Å². The summed E-state index contributed by atoms with van der Waals surface area (Å²) in [6, 6.07) is -2.29. The molecule has 0 aromatic rings. The smallest absolute Gasteiger partial charge is 0.323 e. The number of nitrogens with one attached hydrogen (secondary N) is 1. The lowest BCUT2D eigenvalue weighted by Gasteiger charge is -2.20. The van der Waals surface area contributed by atoms with Crippen LogP contribution in [0.25, 0.3) is 0 Å². The maximum absolute atomic E-state index is 12.5. The SMILES string of the molecule is C[C@H](N)C(=O)N[C@@H](CCC(=O)O)C(=O)[C@H]1CC(=O)N(CC(=O)O)C1=O. The Morgan fingerprint density at radius 1 is 1.24 bits per heavy atom. The van der Waals surface area contributed by atoms with Crippen LogP contribution < -0.4 is 11.1 Å². The predicted octanol–water partition coefficient (Wildman–Crippen LogP) is -2.29. The van der Waals surface area contributed by atoms with E-state index < -0.39 is 72.8 Å².